The van der Waals surface area contributed by atoms with Gasteiger partial charge in [0.15, 0.2) is 5.13 Å². The van der Waals surface area contributed by atoms with Crippen LogP contribution in [0.2, 0.25) is 5.02 Å². The summed E-state index contributed by atoms with van der Waals surface area (Å²) in [6, 6.07) is 9.22. The van der Waals surface area contributed by atoms with Crippen molar-refractivity contribution in [1.29, 1.82) is 0 Å². The number of anilines is 1. The summed E-state index contributed by atoms with van der Waals surface area (Å²) in [7, 11) is 0. The Morgan fingerprint density at radius 3 is 2.90 bits per heavy atom. The molecule has 0 unspecified atom stereocenters. The molecule has 0 saturated carbocycles. The lowest BCUT2D eigenvalue weighted by Gasteiger charge is -2.15. The summed E-state index contributed by atoms with van der Waals surface area (Å²) < 4.78 is 6.25. The maximum absolute atomic E-state index is 11.9. The van der Waals surface area contributed by atoms with Gasteiger partial charge in [-0.15, -0.1) is 0 Å². The van der Waals surface area contributed by atoms with Gasteiger partial charge in [-0.25, -0.2) is 4.98 Å². The molecule has 1 amide bonds. The smallest absolute Gasteiger partial charge is 0.226 e. The Bertz CT molecular complexity index is 752. The third kappa shape index (κ3) is 2.42. The zero-order valence-corrected chi connectivity index (χ0v) is 12.2. The number of aromatic nitrogens is 1. The van der Waals surface area contributed by atoms with Gasteiger partial charge >= 0.3 is 0 Å². The van der Waals surface area contributed by atoms with Crippen molar-refractivity contribution < 1.29 is 9.21 Å². The molecule has 0 fully saturated rings. The Hall–Kier alpha value is -1.85. The van der Waals surface area contributed by atoms with Crippen LogP contribution in [0.5, 0.6) is 0 Å². The molecule has 0 atom stereocenters. The average molecular weight is 307 g/mol. The third-order valence-electron chi connectivity index (χ3n) is 2.86. The molecule has 3 rings (SSSR count). The highest BCUT2D eigenvalue weighted by molar-refractivity contribution is 7.22. The van der Waals surface area contributed by atoms with E-state index in [2.05, 4.69) is 4.98 Å². The van der Waals surface area contributed by atoms with Gasteiger partial charge in [0.2, 0.25) is 5.91 Å². The van der Waals surface area contributed by atoms with E-state index in [9.17, 15) is 4.79 Å². The van der Waals surface area contributed by atoms with Crippen molar-refractivity contribution >= 4 is 44.2 Å². The van der Waals surface area contributed by atoms with Gasteiger partial charge in [-0.2, -0.15) is 0 Å². The number of nitrogens with zero attached hydrogens (tertiary/aromatic N) is 2. The van der Waals surface area contributed by atoms with Gasteiger partial charge in [0.25, 0.3) is 0 Å². The first-order valence-corrected chi connectivity index (χ1v) is 7.20. The SMILES string of the molecule is CC(=O)N(Cc1ccco1)c1nc2c(Cl)cccc2s1. The lowest BCUT2D eigenvalue weighted by atomic mass is 10.3. The van der Waals surface area contributed by atoms with E-state index < -0.39 is 0 Å². The molecular formula is C14H11ClN2O2S. The van der Waals surface area contributed by atoms with E-state index in [0.29, 0.717) is 22.5 Å². The lowest BCUT2D eigenvalue weighted by Crippen LogP contribution is -2.27. The largest absolute Gasteiger partial charge is 0.467 e. The summed E-state index contributed by atoms with van der Waals surface area (Å²) in [5.41, 5.74) is 0.722. The van der Waals surface area contributed by atoms with E-state index in [0.717, 1.165) is 10.2 Å². The first-order valence-electron chi connectivity index (χ1n) is 6.00. The van der Waals surface area contributed by atoms with E-state index in [1.807, 2.05) is 18.2 Å². The molecule has 2 heterocycles. The minimum Gasteiger partial charge on any atom is -0.467 e. The van der Waals surface area contributed by atoms with E-state index in [1.54, 1.807) is 23.3 Å². The topological polar surface area (TPSA) is 46.3 Å². The number of para-hydroxylation sites is 1. The van der Waals surface area contributed by atoms with E-state index >= 15 is 0 Å². The van der Waals surface area contributed by atoms with Crippen molar-refractivity contribution in [2.45, 2.75) is 13.5 Å². The first-order chi connectivity index (χ1) is 9.65. The Kier molecular flexibility index (Phi) is 3.46. The standard InChI is InChI=1S/C14H11ClN2O2S/c1-9(18)17(8-10-4-3-7-19-10)14-16-13-11(15)5-2-6-12(13)20-14/h2-7H,8H2,1H3. The second-order valence-corrected chi connectivity index (χ2v) is 5.68. The fourth-order valence-electron chi connectivity index (χ4n) is 1.89. The number of thiazole rings is 1. The summed E-state index contributed by atoms with van der Waals surface area (Å²) in [4.78, 5) is 17.9. The van der Waals surface area contributed by atoms with Crippen LogP contribution in [0.3, 0.4) is 0 Å². The molecule has 0 radical (unpaired) electrons. The van der Waals surface area contributed by atoms with Crippen molar-refractivity contribution in [2.24, 2.45) is 0 Å². The molecule has 4 nitrogen and oxygen atoms in total. The second kappa shape index (κ2) is 5.26. The van der Waals surface area contributed by atoms with Crippen LogP contribution in [0.25, 0.3) is 10.2 Å². The van der Waals surface area contributed by atoms with Crippen LogP contribution in [-0.2, 0) is 11.3 Å². The molecule has 0 N–H and O–H groups in total. The Balaban J connectivity index is 2.01. The van der Waals surface area contributed by atoms with Crippen LogP contribution in [0, 0.1) is 0 Å². The number of carbonyl (C=O) groups excluding carboxylic acids is 1. The molecule has 102 valence electrons. The van der Waals surface area contributed by atoms with Crippen molar-refractivity contribution in [2.75, 3.05) is 4.90 Å². The van der Waals surface area contributed by atoms with Crippen molar-refractivity contribution in [3.63, 3.8) is 0 Å². The summed E-state index contributed by atoms with van der Waals surface area (Å²) in [5, 5.41) is 1.21. The van der Waals surface area contributed by atoms with Crippen molar-refractivity contribution in [1.82, 2.24) is 4.98 Å². The highest BCUT2D eigenvalue weighted by Gasteiger charge is 2.18. The van der Waals surface area contributed by atoms with Gasteiger partial charge in [-0.3, -0.25) is 9.69 Å². The van der Waals surface area contributed by atoms with Crippen LogP contribution in [0.15, 0.2) is 41.0 Å². The summed E-state index contributed by atoms with van der Waals surface area (Å²) in [5.74, 6) is 0.627. The van der Waals surface area contributed by atoms with E-state index in [1.165, 1.54) is 18.3 Å². The molecule has 6 heteroatoms. The first kappa shape index (κ1) is 13.1. The van der Waals surface area contributed by atoms with Crippen molar-refractivity contribution in [3.05, 3.63) is 47.4 Å². The van der Waals surface area contributed by atoms with Gasteiger partial charge in [-0.05, 0) is 24.3 Å². The number of halogens is 1. The summed E-state index contributed by atoms with van der Waals surface area (Å²) in [6.45, 7) is 1.87. The zero-order valence-electron chi connectivity index (χ0n) is 10.7. The molecule has 0 aliphatic rings. The number of fused-ring (bicyclic) bond motifs is 1. The highest BCUT2D eigenvalue weighted by atomic mass is 35.5. The molecule has 0 bridgehead atoms. The molecule has 20 heavy (non-hydrogen) atoms. The molecule has 0 saturated heterocycles. The number of rotatable bonds is 3. The summed E-state index contributed by atoms with van der Waals surface area (Å²) in [6.07, 6.45) is 1.59. The number of furan rings is 1. The second-order valence-electron chi connectivity index (χ2n) is 4.27. The van der Waals surface area contributed by atoms with Crippen LogP contribution < -0.4 is 4.90 Å². The third-order valence-corrected chi connectivity index (χ3v) is 4.21. The molecule has 2 aromatic heterocycles. The highest BCUT2D eigenvalue weighted by Crippen LogP contribution is 2.33. The molecule has 0 aliphatic heterocycles. The minimum absolute atomic E-state index is 0.0865. The van der Waals surface area contributed by atoms with Crippen molar-refractivity contribution in [3.8, 4) is 0 Å². The predicted molar refractivity (Wildman–Crippen MR) is 80.2 cm³/mol. The number of carbonyl (C=O) groups is 1. The normalized spacial score (nSPS) is 10.9. The molecular weight excluding hydrogens is 296 g/mol. The Morgan fingerprint density at radius 2 is 2.25 bits per heavy atom. The molecule has 3 aromatic rings. The maximum atomic E-state index is 11.9. The number of hydrogen-bond donors (Lipinski definition) is 0. The zero-order chi connectivity index (χ0) is 14.1. The van der Waals surface area contributed by atoms with E-state index in [4.69, 9.17) is 16.0 Å². The van der Waals surface area contributed by atoms with Crippen LogP contribution in [0.1, 0.15) is 12.7 Å². The fraction of sp³-hybridized carbons (Fsp3) is 0.143. The fourth-order valence-corrected chi connectivity index (χ4v) is 3.20. The number of benzene rings is 1. The summed E-state index contributed by atoms with van der Waals surface area (Å²) >= 11 is 7.56. The molecule has 0 spiro atoms. The van der Waals surface area contributed by atoms with Gasteiger partial charge in [0.05, 0.1) is 22.5 Å². The van der Waals surface area contributed by atoms with Gasteiger partial charge in [0, 0.05) is 6.92 Å². The monoisotopic (exact) mass is 306 g/mol. The van der Waals surface area contributed by atoms with Gasteiger partial charge < -0.3 is 4.42 Å². The van der Waals surface area contributed by atoms with Crippen LogP contribution in [0.4, 0.5) is 5.13 Å². The average Bonchev–Trinajstić information content (AvgIpc) is 3.05. The molecule has 0 aliphatic carbocycles. The molecule has 1 aromatic carbocycles. The predicted octanol–water partition coefficient (Wildman–Crippen LogP) is 4.10. The van der Waals surface area contributed by atoms with E-state index in [-0.39, 0.29) is 5.91 Å². The van der Waals surface area contributed by atoms with Crippen LogP contribution >= 0.6 is 22.9 Å². The Morgan fingerprint density at radius 1 is 1.40 bits per heavy atom. The Labute approximate surface area is 124 Å². The number of hydrogen-bond acceptors (Lipinski definition) is 4. The maximum Gasteiger partial charge on any atom is 0.226 e. The lowest BCUT2D eigenvalue weighted by molar-refractivity contribution is -0.116. The minimum atomic E-state index is -0.0865. The van der Waals surface area contributed by atoms with Crippen LogP contribution in [-0.4, -0.2) is 10.9 Å². The van der Waals surface area contributed by atoms with Gasteiger partial charge in [-0.1, -0.05) is 29.0 Å². The quantitative estimate of drug-likeness (QED) is 0.732. The van der Waals surface area contributed by atoms with Gasteiger partial charge in [0.1, 0.15) is 11.3 Å². The number of amides is 1.